The molecule has 0 aliphatic heterocycles. The van der Waals surface area contributed by atoms with Crippen LogP contribution in [0, 0.1) is 5.92 Å². The Morgan fingerprint density at radius 2 is 2.24 bits per heavy atom. The number of nitrogens with zero attached hydrogens (tertiary/aromatic N) is 3. The summed E-state index contributed by atoms with van der Waals surface area (Å²) in [6, 6.07) is 3.71. The van der Waals surface area contributed by atoms with Crippen LogP contribution in [0.1, 0.15) is 25.0 Å². The molecule has 0 aromatic carbocycles. The molecular formula is C14H19ClIN5. The van der Waals surface area contributed by atoms with Crippen LogP contribution in [-0.4, -0.2) is 21.9 Å². The van der Waals surface area contributed by atoms with Crippen molar-refractivity contribution in [2.45, 2.75) is 25.8 Å². The van der Waals surface area contributed by atoms with E-state index < -0.39 is 0 Å². The van der Waals surface area contributed by atoms with Gasteiger partial charge in [-0.3, -0.25) is 0 Å². The third-order valence-corrected chi connectivity index (χ3v) is 3.90. The molecule has 2 aromatic rings. The van der Waals surface area contributed by atoms with Crippen molar-refractivity contribution in [1.29, 1.82) is 0 Å². The molecule has 2 aromatic heterocycles. The van der Waals surface area contributed by atoms with Gasteiger partial charge in [0.15, 0.2) is 5.96 Å². The van der Waals surface area contributed by atoms with E-state index in [0.29, 0.717) is 17.5 Å². The minimum absolute atomic E-state index is 0. The lowest BCUT2D eigenvalue weighted by Gasteiger charge is -2.25. The number of guanidine groups is 1. The Morgan fingerprint density at radius 1 is 1.43 bits per heavy atom. The molecular weight excluding hydrogens is 401 g/mol. The van der Waals surface area contributed by atoms with Crippen molar-refractivity contribution >= 4 is 47.2 Å². The first-order valence-electron chi connectivity index (χ1n) is 6.87. The maximum atomic E-state index is 5.94. The molecule has 5 nitrogen and oxygen atoms in total. The smallest absolute Gasteiger partial charge is 0.188 e. The summed E-state index contributed by atoms with van der Waals surface area (Å²) in [6.07, 6.45) is 7.69. The van der Waals surface area contributed by atoms with E-state index in [1.54, 1.807) is 0 Å². The van der Waals surface area contributed by atoms with Crippen LogP contribution < -0.4 is 11.1 Å². The second kappa shape index (κ2) is 7.31. The molecule has 1 saturated carbocycles. The highest BCUT2D eigenvalue weighted by atomic mass is 127. The van der Waals surface area contributed by atoms with Gasteiger partial charge in [-0.05, 0) is 30.9 Å². The third kappa shape index (κ3) is 4.23. The number of hydrogen-bond acceptors (Lipinski definition) is 2. The number of fused-ring (bicyclic) bond motifs is 1. The summed E-state index contributed by atoms with van der Waals surface area (Å²) in [5.74, 6) is 1.26. The molecule has 0 spiro atoms. The fourth-order valence-electron chi connectivity index (χ4n) is 2.26. The van der Waals surface area contributed by atoms with E-state index in [0.717, 1.165) is 23.8 Å². The van der Waals surface area contributed by atoms with Gasteiger partial charge in [0.05, 0.1) is 17.3 Å². The summed E-state index contributed by atoms with van der Waals surface area (Å²) in [5, 5.41) is 3.86. The molecule has 0 radical (unpaired) electrons. The zero-order chi connectivity index (χ0) is 13.9. The van der Waals surface area contributed by atoms with E-state index in [-0.39, 0.29) is 24.0 Å². The number of halogens is 2. The number of imidazole rings is 1. The molecule has 0 unspecified atom stereocenters. The van der Waals surface area contributed by atoms with Crippen LogP contribution >= 0.6 is 35.6 Å². The van der Waals surface area contributed by atoms with Crippen LogP contribution in [0.3, 0.4) is 0 Å². The van der Waals surface area contributed by atoms with Gasteiger partial charge in [0.25, 0.3) is 0 Å². The number of aromatic nitrogens is 2. The first kappa shape index (κ1) is 16.4. The quantitative estimate of drug-likeness (QED) is 0.455. The second-order valence-corrected chi connectivity index (χ2v) is 5.66. The number of nitrogens with two attached hydrogens (primary N) is 1. The minimum atomic E-state index is 0. The molecule has 0 bridgehead atoms. The standard InChI is InChI=1S/C14H18ClN5.HI/c15-11-4-5-13-19-12(9-20(13)8-11)7-18-14(16)17-6-10-2-1-3-10;/h4-5,8-10H,1-3,6-7H2,(H3,16,17,18);1H. The third-order valence-electron chi connectivity index (χ3n) is 3.67. The van der Waals surface area contributed by atoms with Crippen molar-refractivity contribution in [3.8, 4) is 0 Å². The summed E-state index contributed by atoms with van der Waals surface area (Å²) >= 11 is 5.94. The first-order chi connectivity index (χ1) is 9.70. The number of rotatable bonds is 4. The number of pyridine rings is 1. The number of hydrogen-bond donors (Lipinski definition) is 2. The molecule has 0 amide bonds. The monoisotopic (exact) mass is 419 g/mol. The average molecular weight is 420 g/mol. The molecule has 1 aliphatic carbocycles. The Balaban J connectivity index is 0.00000161. The predicted molar refractivity (Wildman–Crippen MR) is 96.3 cm³/mol. The lowest BCUT2D eigenvalue weighted by atomic mass is 9.85. The number of aliphatic imine (C=N–C) groups is 1. The van der Waals surface area contributed by atoms with Gasteiger partial charge in [-0.25, -0.2) is 9.98 Å². The molecule has 1 fully saturated rings. The van der Waals surface area contributed by atoms with Crippen LogP contribution in [0.4, 0.5) is 0 Å². The summed E-state index contributed by atoms with van der Waals surface area (Å²) in [5.41, 5.74) is 7.59. The number of nitrogens with one attached hydrogen (secondary N) is 1. The van der Waals surface area contributed by atoms with Gasteiger partial charge in [-0.2, -0.15) is 0 Å². The van der Waals surface area contributed by atoms with E-state index in [1.807, 2.05) is 28.9 Å². The summed E-state index contributed by atoms with van der Waals surface area (Å²) in [4.78, 5) is 8.78. The minimum Gasteiger partial charge on any atom is -0.370 e. The molecule has 2 heterocycles. The van der Waals surface area contributed by atoms with Crippen molar-refractivity contribution in [3.05, 3.63) is 35.2 Å². The van der Waals surface area contributed by atoms with Crippen molar-refractivity contribution < 1.29 is 0 Å². The van der Waals surface area contributed by atoms with Gasteiger partial charge in [0, 0.05) is 18.9 Å². The Kier molecular flexibility index (Phi) is 5.69. The highest BCUT2D eigenvalue weighted by Gasteiger charge is 2.16. The largest absolute Gasteiger partial charge is 0.370 e. The zero-order valence-electron chi connectivity index (χ0n) is 11.6. The zero-order valence-corrected chi connectivity index (χ0v) is 14.7. The normalized spacial score (nSPS) is 15.6. The summed E-state index contributed by atoms with van der Waals surface area (Å²) in [6.45, 7) is 1.40. The lowest BCUT2D eigenvalue weighted by Crippen LogP contribution is -2.37. The van der Waals surface area contributed by atoms with Crippen LogP contribution in [0.5, 0.6) is 0 Å². The molecule has 114 valence electrons. The van der Waals surface area contributed by atoms with E-state index in [1.165, 1.54) is 19.3 Å². The van der Waals surface area contributed by atoms with E-state index in [2.05, 4.69) is 15.3 Å². The average Bonchev–Trinajstić information content (AvgIpc) is 2.76. The Labute approximate surface area is 146 Å². The van der Waals surface area contributed by atoms with Crippen LogP contribution in [0.2, 0.25) is 5.02 Å². The predicted octanol–water partition coefficient (Wildman–Crippen LogP) is 2.81. The molecule has 0 saturated heterocycles. The van der Waals surface area contributed by atoms with Crippen LogP contribution in [0.15, 0.2) is 29.5 Å². The first-order valence-corrected chi connectivity index (χ1v) is 7.25. The van der Waals surface area contributed by atoms with Crippen LogP contribution in [-0.2, 0) is 6.54 Å². The highest BCUT2D eigenvalue weighted by Crippen LogP contribution is 2.24. The van der Waals surface area contributed by atoms with Crippen molar-refractivity contribution in [2.24, 2.45) is 16.6 Å². The van der Waals surface area contributed by atoms with Gasteiger partial charge >= 0.3 is 0 Å². The van der Waals surface area contributed by atoms with Crippen LogP contribution in [0.25, 0.3) is 5.65 Å². The Hall–Kier alpha value is -1.02. The second-order valence-electron chi connectivity index (χ2n) is 5.22. The molecule has 21 heavy (non-hydrogen) atoms. The van der Waals surface area contributed by atoms with E-state index in [4.69, 9.17) is 17.3 Å². The van der Waals surface area contributed by atoms with Gasteiger partial charge in [0.1, 0.15) is 5.65 Å². The van der Waals surface area contributed by atoms with Crippen molar-refractivity contribution in [1.82, 2.24) is 14.7 Å². The molecule has 7 heteroatoms. The van der Waals surface area contributed by atoms with Crippen molar-refractivity contribution in [3.63, 3.8) is 0 Å². The van der Waals surface area contributed by atoms with Gasteiger partial charge in [-0.1, -0.05) is 18.0 Å². The highest BCUT2D eigenvalue weighted by molar-refractivity contribution is 14.0. The summed E-state index contributed by atoms with van der Waals surface area (Å²) in [7, 11) is 0. The van der Waals surface area contributed by atoms with E-state index >= 15 is 0 Å². The maximum absolute atomic E-state index is 5.94. The SMILES string of the molecule is I.NC(=NCc1cn2cc(Cl)ccc2n1)NCC1CCC1. The Morgan fingerprint density at radius 3 is 2.95 bits per heavy atom. The molecule has 1 aliphatic rings. The van der Waals surface area contributed by atoms with Gasteiger partial charge < -0.3 is 15.5 Å². The Bertz CT molecular complexity index is 635. The maximum Gasteiger partial charge on any atom is 0.188 e. The fourth-order valence-corrected chi connectivity index (χ4v) is 2.43. The molecule has 3 rings (SSSR count). The lowest BCUT2D eigenvalue weighted by molar-refractivity contribution is 0.315. The van der Waals surface area contributed by atoms with Crippen molar-refractivity contribution in [2.75, 3.05) is 6.54 Å². The molecule has 0 atom stereocenters. The topological polar surface area (TPSA) is 67.7 Å². The van der Waals surface area contributed by atoms with Gasteiger partial charge in [-0.15, -0.1) is 24.0 Å². The van der Waals surface area contributed by atoms with Gasteiger partial charge in [0.2, 0.25) is 0 Å². The fraction of sp³-hybridized carbons (Fsp3) is 0.429. The molecule has 3 N–H and O–H groups in total. The summed E-state index contributed by atoms with van der Waals surface area (Å²) < 4.78 is 1.89. The van der Waals surface area contributed by atoms with E-state index in [9.17, 15) is 0 Å².